The van der Waals surface area contributed by atoms with E-state index in [9.17, 15) is 9.00 Å². The van der Waals surface area contributed by atoms with Crippen molar-refractivity contribution in [1.29, 1.82) is 4.78 Å². The van der Waals surface area contributed by atoms with E-state index in [1.807, 2.05) is 0 Å². The number of nitrogens with zero attached hydrogens (tertiary/aromatic N) is 2. The SMILES string of the molecule is N=S(=O)(c1ccc(C(=O)NC2CCC(c3nc4cc(Cl)cnc4o3)CC2)o1)C1CC1. The highest BCUT2D eigenvalue weighted by atomic mass is 35.5. The highest BCUT2D eigenvalue weighted by Gasteiger charge is 2.36. The number of aromatic nitrogens is 2. The molecule has 158 valence electrons. The Balaban J connectivity index is 1.20. The van der Waals surface area contributed by atoms with Crippen molar-refractivity contribution in [2.24, 2.45) is 0 Å². The van der Waals surface area contributed by atoms with Crippen molar-refractivity contribution in [2.75, 3.05) is 0 Å². The number of pyridine rings is 1. The fraction of sp³-hybridized carbons (Fsp3) is 0.450. The Morgan fingerprint density at radius 3 is 2.67 bits per heavy atom. The molecule has 10 heteroatoms. The minimum absolute atomic E-state index is 0.0167. The predicted octanol–water partition coefficient (Wildman–Crippen LogP) is 4.49. The van der Waals surface area contributed by atoms with Crippen molar-refractivity contribution in [3.63, 3.8) is 0 Å². The second kappa shape index (κ2) is 7.39. The molecule has 0 saturated heterocycles. The second-order valence-corrected chi connectivity index (χ2v) is 10.7. The molecule has 2 aliphatic carbocycles. The number of fused-ring (bicyclic) bond motifs is 1. The van der Waals surface area contributed by atoms with Crippen LogP contribution in [0, 0.1) is 4.78 Å². The number of rotatable bonds is 5. The van der Waals surface area contributed by atoms with E-state index in [1.165, 1.54) is 18.3 Å². The topological polar surface area (TPSA) is 122 Å². The van der Waals surface area contributed by atoms with Crippen LogP contribution in [0.5, 0.6) is 0 Å². The molecule has 2 fully saturated rings. The van der Waals surface area contributed by atoms with Crippen molar-refractivity contribution in [3.05, 3.63) is 41.1 Å². The zero-order valence-electron chi connectivity index (χ0n) is 16.1. The molecule has 0 spiro atoms. The van der Waals surface area contributed by atoms with Gasteiger partial charge in [0.2, 0.25) is 11.6 Å². The standard InChI is InChI=1S/C20H21ClN4O4S/c21-12-9-15-20(23-10-12)29-19(25-15)11-1-3-13(4-2-11)24-18(26)16-7-8-17(28-16)30(22,27)14-5-6-14/h7-11,13-14,22H,1-6H2,(H,24,26). The zero-order valence-corrected chi connectivity index (χ0v) is 17.7. The minimum Gasteiger partial charge on any atom is -0.441 e. The van der Waals surface area contributed by atoms with E-state index >= 15 is 0 Å². The molecule has 3 aromatic rings. The maximum absolute atomic E-state index is 12.5. The summed E-state index contributed by atoms with van der Waals surface area (Å²) in [6.45, 7) is 0. The Bertz CT molecular complexity index is 1210. The van der Waals surface area contributed by atoms with Gasteiger partial charge in [0, 0.05) is 18.2 Å². The molecule has 2 saturated carbocycles. The molecule has 1 unspecified atom stereocenters. The molecule has 3 heterocycles. The number of amides is 1. The molecule has 5 rings (SSSR count). The number of nitrogens with one attached hydrogen (secondary N) is 2. The number of hydrogen-bond acceptors (Lipinski definition) is 7. The van der Waals surface area contributed by atoms with Gasteiger partial charge in [0.15, 0.2) is 10.9 Å². The molecule has 2 aliphatic rings. The van der Waals surface area contributed by atoms with Crippen LogP contribution in [-0.2, 0) is 9.73 Å². The van der Waals surface area contributed by atoms with Crippen molar-refractivity contribution in [2.45, 2.75) is 60.8 Å². The Hall–Kier alpha value is -2.39. The molecule has 3 aromatic heterocycles. The normalized spacial score (nSPS) is 23.9. The molecule has 1 atom stereocenters. The van der Waals surface area contributed by atoms with Gasteiger partial charge >= 0.3 is 0 Å². The third-order valence-corrected chi connectivity index (χ3v) is 8.17. The van der Waals surface area contributed by atoms with E-state index in [1.54, 1.807) is 6.07 Å². The van der Waals surface area contributed by atoms with Gasteiger partial charge < -0.3 is 14.2 Å². The first-order valence-electron chi connectivity index (χ1n) is 10.0. The van der Waals surface area contributed by atoms with Gasteiger partial charge in [0.1, 0.15) is 15.2 Å². The molecular formula is C20H21ClN4O4S. The Kier molecular flexibility index (Phi) is 4.82. The number of hydrogen-bond donors (Lipinski definition) is 2. The lowest BCUT2D eigenvalue weighted by molar-refractivity contribution is 0.0891. The van der Waals surface area contributed by atoms with E-state index in [2.05, 4.69) is 15.3 Å². The molecule has 0 radical (unpaired) electrons. The van der Waals surface area contributed by atoms with Crippen LogP contribution in [0.15, 0.2) is 38.3 Å². The Morgan fingerprint density at radius 1 is 1.17 bits per heavy atom. The van der Waals surface area contributed by atoms with Gasteiger partial charge in [0.05, 0.1) is 10.3 Å². The van der Waals surface area contributed by atoms with E-state index in [-0.39, 0.29) is 34.0 Å². The quantitative estimate of drug-likeness (QED) is 0.592. The summed E-state index contributed by atoms with van der Waals surface area (Å²) < 4.78 is 31.7. The Labute approximate surface area is 178 Å². The van der Waals surface area contributed by atoms with Gasteiger partial charge in [-0.2, -0.15) is 0 Å². The minimum atomic E-state index is -2.94. The monoisotopic (exact) mass is 448 g/mol. The molecule has 30 heavy (non-hydrogen) atoms. The summed E-state index contributed by atoms with van der Waals surface area (Å²) in [7, 11) is -2.94. The van der Waals surface area contributed by atoms with E-state index in [0.717, 1.165) is 38.5 Å². The first-order chi connectivity index (χ1) is 14.4. The molecule has 1 amide bonds. The summed E-state index contributed by atoms with van der Waals surface area (Å²) in [6.07, 6.45) is 6.32. The average Bonchev–Trinajstić information content (AvgIpc) is 3.32. The summed E-state index contributed by atoms with van der Waals surface area (Å²) in [6, 6.07) is 4.75. The maximum atomic E-state index is 12.5. The van der Waals surface area contributed by atoms with Crippen LogP contribution in [0.3, 0.4) is 0 Å². The van der Waals surface area contributed by atoms with Crippen molar-refractivity contribution in [3.8, 4) is 0 Å². The van der Waals surface area contributed by atoms with Crippen molar-refractivity contribution < 1.29 is 17.8 Å². The summed E-state index contributed by atoms with van der Waals surface area (Å²) in [5, 5.41) is 3.46. The smallest absolute Gasteiger partial charge is 0.287 e. The predicted molar refractivity (Wildman–Crippen MR) is 110 cm³/mol. The van der Waals surface area contributed by atoms with Crippen molar-refractivity contribution >= 4 is 38.5 Å². The largest absolute Gasteiger partial charge is 0.441 e. The highest BCUT2D eigenvalue weighted by molar-refractivity contribution is 7.93. The van der Waals surface area contributed by atoms with Gasteiger partial charge in [-0.05, 0) is 56.7 Å². The molecule has 8 nitrogen and oxygen atoms in total. The molecule has 0 aliphatic heterocycles. The molecular weight excluding hydrogens is 428 g/mol. The van der Waals surface area contributed by atoms with Crippen LogP contribution < -0.4 is 5.32 Å². The Morgan fingerprint density at radius 2 is 1.93 bits per heavy atom. The fourth-order valence-corrected chi connectivity index (χ4v) is 5.67. The number of carbonyl (C=O) groups is 1. The second-order valence-electron chi connectivity index (χ2n) is 7.97. The summed E-state index contributed by atoms with van der Waals surface area (Å²) >= 11 is 5.96. The van der Waals surface area contributed by atoms with Gasteiger partial charge in [-0.1, -0.05) is 11.6 Å². The van der Waals surface area contributed by atoms with Gasteiger partial charge in [-0.25, -0.2) is 19.0 Å². The third-order valence-electron chi connectivity index (χ3n) is 5.74. The van der Waals surface area contributed by atoms with E-state index in [0.29, 0.717) is 22.1 Å². The number of oxazole rings is 1. The lowest BCUT2D eigenvalue weighted by Crippen LogP contribution is -2.37. The average molecular weight is 449 g/mol. The van der Waals surface area contributed by atoms with E-state index in [4.69, 9.17) is 25.2 Å². The van der Waals surface area contributed by atoms with Crippen LogP contribution in [-0.4, -0.2) is 31.4 Å². The molecule has 2 N–H and O–H groups in total. The number of carbonyl (C=O) groups excluding carboxylic acids is 1. The number of halogens is 1. The summed E-state index contributed by atoms with van der Waals surface area (Å²) in [4.78, 5) is 21.2. The lowest BCUT2D eigenvalue weighted by atomic mass is 9.86. The first kappa shape index (κ1) is 19.6. The van der Waals surface area contributed by atoms with Crippen LogP contribution in [0.2, 0.25) is 5.02 Å². The van der Waals surface area contributed by atoms with Crippen LogP contribution in [0.1, 0.15) is 60.9 Å². The molecule has 0 bridgehead atoms. The zero-order chi connectivity index (χ0) is 20.9. The van der Waals surface area contributed by atoms with Gasteiger partial charge in [0.25, 0.3) is 5.91 Å². The van der Waals surface area contributed by atoms with Gasteiger partial charge in [-0.15, -0.1) is 0 Å². The van der Waals surface area contributed by atoms with Crippen LogP contribution >= 0.6 is 11.6 Å². The fourth-order valence-electron chi connectivity index (χ4n) is 3.90. The van der Waals surface area contributed by atoms with Crippen LogP contribution in [0.25, 0.3) is 11.2 Å². The van der Waals surface area contributed by atoms with Gasteiger partial charge in [-0.3, -0.25) is 4.79 Å². The first-order valence-corrected chi connectivity index (χ1v) is 12.0. The number of furan rings is 1. The van der Waals surface area contributed by atoms with Crippen molar-refractivity contribution in [1.82, 2.24) is 15.3 Å². The third kappa shape index (κ3) is 3.72. The van der Waals surface area contributed by atoms with Crippen LogP contribution in [0.4, 0.5) is 0 Å². The van der Waals surface area contributed by atoms with E-state index < -0.39 is 9.73 Å². The lowest BCUT2D eigenvalue weighted by Gasteiger charge is -2.27. The maximum Gasteiger partial charge on any atom is 0.287 e. The molecule has 0 aromatic carbocycles. The summed E-state index contributed by atoms with van der Waals surface area (Å²) in [5.41, 5.74) is 1.13. The summed E-state index contributed by atoms with van der Waals surface area (Å²) in [5.74, 6) is 0.601. The highest BCUT2D eigenvalue weighted by Crippen LogP contribution is 2.36.